The number of aliphatic hydroxyl groups is 3. The standard InChI is InChI=1S/C16H18O9/c1-23-10(17)7-4-8-2-5-9(6-3-8)24-16-13(20)11(18)12(19)14(25-16)15(21)22/h2-7,11-14,16,18-20H,1H3,(H,21,22)/b7-4+/t11-,12-,13+,14-,16+/m0/s1. The molecule has 1 fully saturated rings. The molecule has 4 N–H and O–H groups in total. The van der Waals surface area contributed by atoms with Crippen molar-refractivity contribution in [2.24, 2.45) is 0 Å². The summed E-state index contributed by atoms with van der Waals surface area (Å²) in [5, 5.41) is 38.2. The summed E-state index contributed by atoms with van der Waals surface area (Å²) in [6, 6.07) is 6.20. The van der Waals surface area contributed by atoms with E-state index in [9.17, 15) is 24.9 Å². The zero-order chi connectivity index (χ0) is 18.6. The van der Waals surface area contributed by atoms with Crippen molar-refractivity contribution in [1.29, 1.82) is 0 Å². The molecule has 1 aromatic rings. The van der Waals surface area contributed by atoms with Crippen LogP contribution in [0.15, 0.2) is 30.3 Å². The third-order valence-electron chi connectivity index (χ3n) is 3.56. The van der Waals surface area contributed by atoms with Crippen LogP contribution in [0, 0.1) is 0 Å². The predicted molar refractivity (Wildman–Crippen MR) is 82.4 cm³/mol. The normalized spacial score (nSPS) is 29.4. The number of aliphatic hydroxyl groups excluding tert-OH is 3. The van der Waals surface area contributed by atoms with E-state index in [4.69, 9.17) is 14.6 Å². The summed E-state index contributed by atoms with van der Waals surface area (Å²) in [7, 11) is 1.26. The summed E-state index contributed by atoms with van der Waals surface area (Å²) in [5.74, 6) is -1.77. The topological polar surface area (TPSA) is 143 Å². The first kappa shape index (κ1) is 18.9. The SMILES string of the molecule is COC(=O)/C=C/c1ccc(O[C@@H]2O[C@H](C(=O)O)[C@@H](O)[C@H](O)[C@H]2O)cc1. The molecule has 1 heterocycles. The van der Waals surface area contributed by atoms with E-state index in [0.29, 0.717) is 5.56 Å². The molecule has 1 aromatic carbocycles. The Labute approximate surface area is 142 Å². The van der Waals surface area contributed by atoms with Gasteiger partial charge in [-0.1, -0.05) is 12.1 Å². The van der Waals surface area contributed by atoms with Gasteiger partial charge in [0.15, 0.2) is 6.10 Å². The van der Waals surface area contributed by atoms with E-state index in [1.807, 2.05) is 0 Å². The molecule has 2 rings (SSSR count). The van der Waals surface area contributed by atoms with Gasteiger partial charge >= 0.3 is 11.9 Å². The van der Waals surface area contributed by atoms with Crippen LogP contribution in [0.25, 0.3) is 6.08 Å². The lowest BCUT2D eigenvalue weighted by Gasteiger charge is -2.38. The number of carboxylic acid groups (broad SMARTS) is 1. The second-order valence-electron chi connectivity index (χ2n) is 5.28. The molecule has 9 heteroatoms. The minimum absolute atomic E-state index is 0.229. The van der Waals surface area contributed by atoms with Crippen LogP contribution in [-0.2, 0) is 19.1 Å². The van der Waals surface area contributed by atoms with Crippen LogP contribution in [0.2, 0.25) is 0 Å². The van der Waals surface area contributed by atoms with Crippen molar-refractivity contribution in [3.63, 3.8) is 0 Å². The summed E-state index contributed by atoms with van der Waals surface area (Å²) < 4.78 is 14.8. The zero-order valence-corrected chi connectivity index (χ0v) is 13.2. The van der Waals surface area contributed by atoms with E-state index in [2.05, 4.69) is 4.74 Å². The summed E-state index contributed by atoms with van der Waals surface area (Å²) in [6.07, 6.45) is -5.60. The number of ether oxygens (including phenoxy) is 3. The number of carboxylic acids is 1. The second-order valence-corrected chi connectivity index (χ2v) is 5.28. The van der Waals surface area contributed by atoms with Crippen LogP contribution in [0.4, 0.5) is 0 Å². The molecule has 0 amide bonds. The highest BCUT2D eigenvalue weighted by atomic mass is 16.7. The number of hydrogen-bond acceptors (Lipinski definition) is 8. The van der Waals surface area contributed by atoms with E-state index < -0.39 is 42.6 Å². The van der Waals surface area contributed by atoms with Crippen molar-refractivity contribution in [1.82, 2.24) is 0 Å². The van der Waals surface area contributed by atoms with Crippen LogP contribution < -0.4 is 4.74 Å². The van der Waals surface area contributed by atoms with Crippen LogP contribution in [-0.4, -0.2) is 70.2 Å². The molecule has 0 spiro atoms. The third kappa shape index (κ3) is 4.54. The molecule has 0 unspecified atom stereocenters. The van der Waals surface area contributed by atoms with Crippen molar-refractivity contribution in [3.8, 4) is 5.75 Å². The van der Waals surface area contributed by atoms with Gasteiger partial charge in [0.2, 0.25) is 6.29 Å². The van der Waals surface area contributed by atoms with Gasteiger partial charge in [-0.15, -0.1) is 0 Å². The minimum Gasteiger partial charge on any atom is -0.479 e. The Morgan fingerprint density at radius 1 is 1.08 bits per heavy atom. The van der Waals surface area contributed by atoms with E-state index in [1.165, 1.54) is 31.4 Å². The van der Waals surface area contributed by atoms with Crippen molar-refractivity contribution < 1.29 is 44.2 Å². The maximum absolute atomic E-state index is 11.0. The average molecular weight is 354 g/mol. The Morgan fingerprint density at radius 2 is 1.72 bits per heavy atom. The maximum atomic E-state index is 11.0. The first-order valence-electron chi connectivity index (χ1n) is 7.28. The highest BCUT2D eigenvalue weighted by Gasteiger charge is 2.48. The molecule has 25 heavy (non-hydrogen) atoms. The largest absolute Gasteiger partial charge is 0.479 e. The lowest BCUT2D eigenvalue weighted by molar-refractivity contribution is -0.271. The Kier molecular flexibility index (Phi) is 6.10. The number of carbonyl (C=O) groups is 2. The van der Waals surface area contributed by atoms with Gasteiger partial charge in [0.25, 0.3) is 0 Å². The fourth-order valence-electron chi connectivity index (χ4n) is 2.17. The molecule has 5 atom stereocenters. The Balaban J connectivity index is 2.06. The Morgan fingerprint density at radius 3 is 2.28 bits per heavy atom. The number of aliphatic carboxylic acids is 1. The zero-order valence-electron chi connectivity index (χ0n) is 13.2. The van der Waals surface area contributed by atoms with Gasteiger partial charge in [-0.05, 0) is 23.8 Å². The second kappa shape index (κ2) is 8.08. The fraction of sp³-hybridized carbons (Fsp3) is 0.375. The summed E-state index contributed by atoms with van der Waals surface area (Å²) in [5.41, 5.74) is 0.668. The van der Waals surface area contributed by atoms with E-state index in [0.717, 1.165) is 0 Å². The molecular weight excluding hydrogens is 336 g/mol. The van der Waals surface area contributed by atoms with Crippen molar-refractivity contribution >= 4 is 18.0 Å². The van der Waals surface area contributed by atoms with Gasteiger partial charge in [-0.25, -0.2) is 9.59 Å². The third-order valence-corrected chi connectivity index (χ3v) is 3.56. The monoisotopic (exact) mass is 354 g/mol. The first-order chi connectivity index (χ1) is 11.8. The maximum Gasteiger partial charge on any atom is 0.335 e. The molecule has 0 radical (unpaired) electrons. The molecular formula is C16H18O9. The molecule has 136 valence electrons. The molecule has 1 aliphatic rings. The number of esters is 1. The van der Waals surface area contributed by atoms with E-state index in [-0.39, 0.29) is 5.75 Å². The number of rotatable bonds is 5. The van der Waals surface area contributed by atoms with Crippen molar-refractivity contribution in [3.05, 3.63) is 35.9 Å². The van der Waals surface area contributed by atoms with Crippen molar-refractivity contribution in [2.75, 3.05) is 7.11 Å². The highest BCUT2D eigenvalue weighted by molar-refractivity contribution is 5.86. The van der Waals surface area contributed by atoms with Crippen LogP contribution in [0.3, 0.4) is 0 Å². The molecule has 0 aromatic heterocycles. The summed E-state index contributed by atoms with van der Waals surface area (Å²) >= 11 is 0. The summed E-state index contributed by atoms with van der Waals surface area (Å²) in [6.45, 7) is 0. The highest BCUT2D eigenvalue weighted by Crippen LogP contribution is 2.25. The van der Waals surface area contributed by atoms with Crippen molar-refractivity contribution in [2.45, 2.75) is 30.7 Å². The Bertz CT molecular complexity index is 640. The van der Waals surface area contributed by atoms with Gasteiger partial charge in [0.1, 0.15) is 24.1 Å². The number of carbonyl (C=O) groups excluding carboxylic acids is 1. The number of hydrogen-bond donors (Lipinski definition) is 4. The first-order valence-corrected chi connectivity index (χ1v) is 7.28. The smallest absolute Gasteiger partial charge is 0.335 e. The van der Waals surface area contributed by atoms with Gasteiger partial charge in [0, 0.05) is 6.08 Å². The van der Waals surface area contributed by atoms with Gasteiger partial charge in [0.05, 0.1) is 7.11 Å². The van der Waals surface area contributed by atoms with Gasteiger partial charge in [-0.3, -0.25) is 0 Å². The Hall–Kier alpha value is -2.46. The quantitative estimate of drug-likeness (QED) is 0.392. The summed E-state index contributed by atoms with van der Waals surface area (Å²) in [4.78, 5) is 22.1. The molecule has 0 bridgehead atoms. The molecule has 1 aliphatic heterocycles. The molecule has 0 aliphatic carbocycles. The van der Waals surface area contributed by atoms with Gasteiger partial charge in [-0.2, -0.15) is 0 Å². The van der Waals surface area contributed by atoms with Crippen LogP contribution >= 0.6 is 0 Å². The average Bonchev–Trinajstić information content (AvgIpc) is 2.60. The molecule has 0 saturated carbocycles. The number of methoxy groups -OCH3 is 1. The van der Waals surface area contributed by atoms with Gasteiger partial charge < -0.3 is 34.6 Å². The van der Waals surface area contributed by atoms with Crippen LogP contribution in [0.1, 0.15) is 5.56 Å². The minimum atomic E-state index is -1.78. The fourth-order valence-corrected chi connectivity index (χ4v) is 2.17. The predicted octanol–water partition coefficient (Wildman–Crippen LogP) is -0.856. The van der Waals surface area contributed by atoms with E-state index in [1.54, 1.807) is 12.1 Å². The number of benzene rings is 1. The van der Waals surface area contributed by atoms with Crippen LogP contribution in [0.5, 0.6) is 5.75 Å². The molecule has 1 saturated heterocycles. The lowest BCUT2D eigenvalue weighted by atomic mass is 9.99. The molecule has 9 nitrogen and oxygen atoms in total. The van der Waals surface area contributed by atoms with E-state index >= 15 is 0 Å². The lowest BCUT2D eigenvalue weighted by Crippen LogP contribution is -2.61.